The first kappa shape index (κ1) is 19.4. The number of anilines is 1. The van der Waals surface area contributed by atoms with Gasteiger partial charge in [0, 0.05) is 18.8 Å². The Labute approximate surface area is 166 Å². The Balaban J connectivity index is 1.69. The maximum Gasteiger partial charge on any atom is 0.267 e. The SMILES string of the molecule is CCN(CC)c1ccc(/C=C2/SC(=S)N(CN3CCCCC3)C2=O)cc1. The second kappa shape index (κ2) is 9.02. The zero-order chi connectivity index (χ0) is 18.5. The van der Waals surface area contributed by atoms with Crippen LogP contribution in [0.25, 0.3) is 6.08 Å². The predicted molar refractivity (Wildman–Crippen MR) is 115 cm³/mol. The van der Waals surface area contributed by atoms with E-state index < -0.39 is 0 Å². The van der Waals surface area contributed by atoms with E-state index in [9.17, 15) is 4.79 Å². The molecule has 0 atom stereocenters. The van der Waals surface area contributed by atoms with Gasteiger partial charge in [-0.2, -0.15) is 0 Å². The van der Waals surface area contributed by atoms with Gasteiger partial charge in [-0.15, -0.1) is 0 Å². The van der Waals surface area contributed by atoms with Crippen LogP contribution in [0.15, 0.2) is 29.2 Å². The van der Waals surface area contributed by atoms with Gasteiger partial charge in [-0.1, -0.05) is 42.5 Å². The number of benzene rings is 1. The number of hydrogen-bond donors (Lipinski definition) is 0. The fraction of sp³-hybridized carbons (Fsp3) is 0.500. The van der Waals surface area contributed by atoms with Crippen LogP contribution >= 0.6 is 24.0 Å². The molecule has 1 amide bonds. The summed E-state index contributed by atoms with van der Waals surface area (Å²) in [6.07, 6.45) is 5.67. The van der Waals surface area contributed by atoms with Crippen LogP contribution < -0.4 is 4.90 Å². The van der Waals surface area contributed by atoms with Crippen molar-refractivity contribution in [2.45, 2.75) is 33.1 Å². The number of thioether (sulfide) groups is 1. The number of piperidine rings is 1. The molecule has 0 aliphatic carbocycles. The molecule has 0 radical (unpaired) electrons. The van der Waals surface area contributed by atoms with Crippen molar-refractivity contribution >= 4 is 46.0 Å². The normalized spacial score (nSPS) is 20.2. The van der Waals surface area contributed by atoms with Crippen molar-refractivity contribution in [2.75, 3.05) is 37.7 Å². The third kappa shape index (κ3) is 4.48. The van der Waals surface area contributed by atoms with E-state index in [0.29, 0.717) is 11.0 Å². The van der Waals surface area contributed by atoms with Gasteiger partial charge in [-0.3, -0.25) is 14.6 Å². The summed E-state index contributed by atoms with van der Waals surface area (Å²) in [4.78, 5) is 19.9. The molecule has 2 heterocycles. The summed E-state index contributed by atoms with van der Waals surface area (Å²) in [5.74, 6) is 0.0402. The average Bonchev–Trinajstić information content (AvgIpc) is 2.92. The fourth-order valence-corrected chi connectivity index (χ4v) is 4.69. The summed E-state index contributed by atoms with van der Waals surface area (Å²) in [6.45, 7) is 9.04. The van der Waals surface area contributed by atoms with E-state index in [1.54, 1.807) is 4.90 Å². The van der Waals surface area contributed by atoms with Crippen LogP contribution in [0.5, 0.6) is 0 Å². The first-order valence-corrected chi connectivity index (χ1v) is 10.7. The predicted octanol–water partition coefficient (Wildman–Crippen LogP) is 4.18. The van der Waals surface area contributed by atoms with E-state index >= 15 is 0 Å². The Bertz CT molecular complexity index is 677. The molecular formula is C20H27N3OS2. The van der Waals surface area contributed by atoms with Crippen LogP contribution in [0.3, 0.4) is 0 Å². The van der Waals surface area contributed by atoms with Crippen LogP contribution in [0.2, 0.25) is 0 Å². The number of likely N-dealkylation sites (tertiary alicyclic amines) is 1. The summed E-state index contributed by atoms with van der Waals surface area (Å²) in [7, 11) is 0. The smallest absolute Gasteiger partial charge is 0.267 e. The van der Waals surface area contributed by atoms with Gasteiger partial charge in [0.1, 0.15) is 4.32 Å². The largest absolute Gasteiger partial charge is 0.372 e. The Kier molecular flexibility index (Phi) is 6.73. The third-order valence-electron chi connectivity index (χ3n) is 4.98. The molecule has 26 heavy (non-hydrogen) atoms. The summed E-state index contributed by atoms with van der Waals surface area (Å²) in [5.41, 5.74) is 2.25. The van der Waals surface area contributed by atoms with E-state index in [2.05, 4.69) is 47.9 Å². The van der Waals surface area contributed by atoms with Gasteiger partial charge in [0.25, 0.3) is 5.91 Å². The van der Waals surface area contributed by atoms with Crippen molar-refractivity contribution in [3.63, 3.8) is 0 Å². The highest BCUT2D eigenvalue weighted by molar-refractivity contribution is 8.26. The van der Waals surface area contributed by atoms with Crippen molar-refractivity contribution < 1.29 is 4.79 Å². The molecule has 6 heteroatoms. The quantitative estimate of drug-likeness (QED) is 0.537. The zero-order valence-electron chi connectivity index (χ0n) is 15.6. The van der Waals surface area contributed by atoms with Gasteiger partial charge in [0.15, 0.2) is 0 Å². The van der Waals surface area contributed by atoms with E-state index in [1.807, 2.05) is 6.08 Å². The number of carbonyl (C=O) groups excluding carboxylic acids is 1. The van der Waals surface area contributed by atoms with Gasteiger partial charge in [0.05, 0.1) is 11.6 Å². The van der Waals surface area contributed by atoms with E-state index in [-0.39, 0.29) is 5.91 Å². The maximum absolute atomic E-state index is 12.8. The average molecular weight is 390 g/mol. The summed E-state index contributed by atoms with van der Waals surface area (Å²) in [6, 6.07) is 8.39. The molecule has 1 aromatic rings. The lowest BCUT2D eigenvalue weighted by molar-refractivity contribution is -0.123. The molecule has 2 aliphatic rings. The first-order valence-electron chi connectivity index (χ1n) is 9.45. The molecule has 0 aromatic heterocycles. The zero-order valence-corrected chi connectivity index (χ0v) is 17.2. The van der Waals surface area contributed by atoms with E-state index in [1.165, 1.54) is 36.7 Å². The molecule has 2 fully saturated rings. The highest BCUT2D eigenvalue weighted by atomic mass is 32.2. The first-order chi connectivity index (χ1) is 12.6. The van der Waals surface area contributed by atoms with Crippen molar-refractivity contribution in [3.8, 4) is 0 Å². The van der Waals surface area contributed by atoms with E-state index in [4.69, 9.17) is 12.2 Å². The maximum atomic E-state index is 12.8. The minimum absolute atomic E-state index is 0.0402. The molecule has 0 N–H and O–H groups in total. The Morgan fingerprint density at radius 2 is 1.77 bits per heavy atom. The number of carbonyl (C=O) groups is 1. The molecule has 0 spiro atoms. The summed E-state index contributed by atoms with van der Waals surface area (Å²) < 4.78 is 0.673. The second-order valence-corrected chi connectivity index (χ2v) is 8.37. The monoisotopic (exact) mass is 389 g/mol. The fourth-order valence-electron chi connectivity index (χ4n) is 3.44. The molecule has 0 unspecified atom stereocenters. The summed E-state index contributed by atoms with van der Waals surface area (Å²) >= 11 is 6.88. The second-order valence-electron chi connectivity index (χ2n) is 6.69. The molecular weight excluding hydrogens is 362 g/mol. The van der Waals surface area contributed by atoms with Crippen LogP contribution in [0, 0.1) is 0 Å². The third-order valence-corrected chi connectivity index (χ3v) is 6.36. The molecule has 0 bridgehead atoms. The minimum Gasteiger partial charge on any atom is -0.372 e. The van der Waals surface area contributed by atoms with Crippen molar-refractivity contribution in [1.29, 1.82) is 0 Å². The minimum atomic E-state index is 0.0402. The molecule has 0 saturated carbocycles. The Morgan fingerprint density at radius 1 is 1.12 bits per heavy atom. The molecule has 2 saturated heterocycles. The number of rotatable bonds is 6. The molecule has 4 nitrogen and oxygen atoms in total. The Morgan fingerprint density at radius 3 is 2.38 bits per heavy atom. The van der Waals surface area contributed by atoms with Crippen LogP contribution in [-0.2, 0) is 4.79 Å². The molecule has 1 aromatic carbocycles. The number of hydrogen-bond acceptors (Lipinski definition) is 5. The lowest BCUT2D eigenvalue weighted by atomic mass is 10.1. The van der Waals surface area contributed by atoms with Gasteiger partial charge in [0.2, 0.25) is 0 Å². The number of nitrogens with zero attached hydrogens (tertiary/aromatic N) is 3. The highest BCUT2D eigenvalue weighted by Gasteiger charge is 2.33. The van der Waals surface area contributed by atoms with Crippen molar-refractivity contribution in [1.82, 2.24) is 9.80 Å². The Hall–Kier alpha value is -1.37. The molecule has 140 valence electrons. The highest BCUT2D eigenvalue weighted by Crippen LogP contribution is 2.33. The summed E-state index contributed by atoms with van der Waals surface area (Å²) in [5, 5.41) is 0. The van der Waals surface area contributed by atoms with Crippen LogP contribution in [0.1, 0.15) is 38.7 Å². The lowest BCUT2D eigenvalue weighted by Crippen LogP contribution is -2.42. The van der Waals surface area contributed by atoms with Crippen LogP contribution in [0.4, 0.5) is 5.69 Å². The van der Waals surface area contributed by atoms with Crippen molar-refractivity contribution in [3.05, 3.63) is 34.7 Å². The molecule has 2 aliphatic heterocycles. The van der Waals surface area contributed by atoms with Gasteiger partial charge in [-0.25, -0.2) is 0 Å². The van der Waals surface area contributed by atoms with Gasteiger partial charge < -0.3 is 4.90 Å². The number of thiocarbonyl (C=S) groups is 1. The van der Waals surface area contributed by atoms with Crippen molar-refractivity contribution in [2.24, 2.45) is 0 Å². The van der Waals surface area contributed by atoms with Gasteiger partial charge >= 0.3 is 0 Å². The number of amides is 1. The van der Waals surface area contributed by atoms with Gasteiger partial charge in [-0.05, 0) is 63.6 Å². The molecule has 3 rings (SSSR count). The van der Waals surface area contributed by atoms with E-state index in [0.717, 1.165) is 36.6 Å². The standard InChI is InChI=1S/C20H27N3OS2/c1-3-22(4-2)17-10-8-16(9-11-17)14-18-19(24)23(20(25)26-18)15-21-12-6-5-7-13-21/h8-11,14H,3-7,12-13,15H2,1-2H3/b18-14+. The lowest BCUT2D eigenvalue weighted by Gasteiger charge is -2.29. The van der Waals surface area contributed by atoms with Crippen LogP contribution in [-0.4, -0.2) is 52.9 Å². The topological polar surface area (TPSA) is 26.8 Å².